The molecule has 6 rings (SSSR count). The number of halogens is 1. The quantitative estimate of drug-likeness (QED) is 0.334. The molecule has 0 radical (unpaired) electrons. The molecule has 0 atom stereocenters. The highest BCUT2D eigenvalue weighted by molar-refractivity contribution is 5.99. The number of benzene rings is 1. The predicted molar refractivity (Wildman–Crippen MR) is 158 cm³/mol. The number of hydrogen-bond donors (Lipinski definition) is 1. The Balaban J connectivity index is 1.18. The Morgan fingerprint density at radius 3 is 2.31 bits per heavy atom. The van der Waals surface area contributed by atoms with E-state index >= 15 is 0 Å². The molecule has 42 heavy (non-hydrogen) atoms. The number of rotatable bonds is 6. The minimum Gasteiger partial charge on any atom is -0.367 e. The van der Waals surface area contributed by atoms with E-state index in [0.29, 0.717) is 60.1 Å². The zero-order chi connectivity index (χ0) is 29.4. The van der Waals surface area contributed by atoms with Gasteiger partial charge in [-0.15, -0.1) is 0 Å². The number of carbonyl (C=O) groups excluding carboxylic acids is 2. The number of Topliss-reactive ketones (excluding diaryl/α,β-unsaturated/α-hetero) is 1. The van der Waals surface area contributed by atoms with E-state index in [9.17, 15) is 18.8 Å². The second kappa shape index (κ2) is 11.3. The maximum Gasteiger partial charge on any atom is 0.263 e. The summed E-state index contributed by atoms with van der Waals surface area (Å²) in [6, 6.07) is 9.42. The molecule has 0 spiro atoms. The highest BCUT2D eigenvalue weighted by Gasteiger charge is 2.26. The number of fused-ring (bicyclic) bond motifs is 1. The number of ketones is 1. The van der Waals surface area contributed by atoms with E-state index in [1.807, 2.05) is 12.1 Å². The Kier molecular flexibility index (Phi) is 7.40. The predicted octanol–water partition coefficient (Wildman–Crippen LogP) is 4.66. The lowest BCUT2D eigenvalue weighted by molar-refractivity contribution is 0.0746. The molecule has 11 heteroatoms. The number of nitrogens with one attached hydrogen (secondary N) is 1. The molecule has 1 N–H and O–H groups in total. The third kappa shape index (κ3) is 5.22. The maximum absolute atomic E-state index is 13.4. The topological polar surface area (TPSA) is 113 Å². The summed E-state index contributed by atoms with van der Waals surface area (Å²) < 4.78 is 14.9. The van der Waals surface area contributed by atoms with Gasteiger partial charge in [-0.05, 0) is 68.7 Å². The smallest absolute Gasteiger partial charge is 0.263 e. The number of aromatic nitrogens is 4. The van der Waals surface area contributed by atoms with Crippen LogP contribution in [0.2, 0.25) is 0 Å². The summed E-state index contributed by atoms with van der Waals surface area (Å²) in [7, 11) is 0. The lowest BCUT2D eigenvalue weighted by Gasteiger charge is -2.36. The first-order valence-corrected chi connectivity index (χ1v) is 14.3. The standard InChI is InChI=1S/C31H32FN7O3/c1-19-25-18-34-31(36-28(25)39(23-5-3-4-6-23)30(42)27(19)20(2)40)35-26-12-11-24(17-33-26)37-13-15-38(16-14-37)29(41)21-7-9-22(32)10-8-21/h7-12,17-18,23H,3-6,13-16H2,1-2H3,(H,33,34,35,36). The highest BCUT2D eigenvalue weighted by Crippen LogP contribution is 2.32. The maximum atomic E-state index is 13.4. The molecular formula is C31H32FN7O3. The van der Waals surface area contributed by atoms with Crippen LogP contribution in [0.15, 0.2) is 53.6 Å². The van der Waals surface area contributed by atoms with Crippen LogP contribution in [0.4, 0.5) is 21.8 Å². The summed E-state index contributed by atoms with van der Waals surface area (Å²) in [6.45, 7) is 5.59. The minimum atomic E-state index is -0.364. The van der Waals surface area contributed by atoms with Crippen molar-refractivity contribution < 1.29 is 14.0 Å². The fourth-order valence-electron chi connectivity index (χ4n) is 6.01. The zero-order valence-electron chi connectivity index (χ0n) is 23.6. The van der Waals surface area contributed by atoms with Gasteiger partial charge in [-0.3, -0.25) is 19.0 Å². The third-order valence-corrected chi connectivity index (χ3v) is 8.26. The van der Waals surface area contributed by atoms with Crippen LogP contribution >= 0.6 is 0 Å². The van der Waals surface area contributed by atoms with Crippen LogP contribution in [0.3, 0.4) is 0 Å². The molecule has 1 aliphatic heterocycles. The zero-order valence-corrected chi connectivity index (χ0v) is 23.6. The van der Waals surface area contributed by atoms with Crippen molar-refractivity contribution in [3.05, 3.63) is 81.7 Å². The summed E-state index contributed by atoms with van der Waals surface area (Å²) in [5, 5.41) is 3.84. The van der Waals surface area contributed by atoms with Gasteiger partial charge in [0.2, 0.25) is 5.95 Å². The molecule has 2 fully saturated rings. The molecule has 4 aromatic rings. The van der Waals surface area contributed by atoms with Crippen molar-refractivity contribution in [2.45, 2.75) is 45.6 Å². The third-order valence-electron chi connectivity index (χ3n) is 8.26. The van der Waals surface area contributed by atoms with Crippen molar-refractivity contribution in [1.82, 2.24) is 24.4 Å². The Labute approximate surface area is 242 Å². The molecule has 0 unspecified atom stereocenters. The fourth-order valence-corrected chi connectivity index (χ4v) is 6.01. The van der Waals surface area contributed by atoms with Gasteiger partial charge in [0, 0.05) is 49.4 Å². The molecule has 2 aliphatic rings. The normalized spacial score (nSPS) is 15.8. The summed E-state index contributed by atoms with van der Waals surface area (Å²) in [6.07, 6.45) is 7.25. The van der Waals surface area contributed by atoms with E-state index in [1.54, 1.807) is 28.8 Å². The lowest BCUT2D eigenvalue weighted by Crippen LogP contribution is -2.48. The van der Waals surface area contributed by atoms with E-state index < -0.39 is 0 Å². The molecule has 0 bridgehead atoms. The average Bonchev–Trinajstić information content (AvgIpc) is 3.52. The van der Waals surface area contributed by atoms with E-state index in [4.69, 9.17) is 4.98 Å². The Morgan fingerprint density at radius 1 is 0.952 bits per heavy atom. The van der Waals surface area contributed by atoms with Crippen molar-refractivity contribution in [3.63, 3.8) is 0 Å². The van der Waals surface area contributed by atoms with Crippen LogP contribution in [-0.4, -0.2) is 62.3 Å². The fraction of sp³-hybridized carbons (Fsp3) is 0.355. The second-order valence-electron chi connectivity index (χ2n) is 10.9. The van der Waals surface area contributed by atoms with Gasteiger partial charge in [0.1, 0.15) is 17.3 Å². The average molecular weight is 570 g/mol. The van der Waals surface area contributed by atoms with Gasteiger partial charge >= 0.3 is 0 Å². The minimum absolute atomic E-state index is 0.00492. The van der Waals surface area contributed by atoms with Crippen LogP contribution in [-0.2, 0) is 0 Å². The number of pyridine rings is 2. The van der Waals surface area contributed by atoms with Crippen LogP contribution in [0.5, 0.6) is 0 Å². The lowest BCUT2D eigenvalue weighted by atomic mass is 10.0. The van der Waals surface area contributed by atoms with E-state index in [-0.39, 0.29) is 34.7 Å². The van der Waals surface area contributed by atoms with Crippen molar-refractivity contribution in [2.75, 3.05) is 36.4 Å². The van der Waals surface area contributed by atoms with Gasteiger partial charge in [-0.25, -0.2) is 14.4 Å². The molecule has 216 valence electrons. The number of hydrogen-bond acceptors (Lipinski definition) is 8. The molecular weight excluding hydrogens is 537 g/mol. The van der Waals surface area contributed by atoms with Crippen molar-refractivity contribution >= 4 is 40.2 Å². The van der Waals surface area contributed by atoms with Gasteiger partial charge in [0.15, 0.2) is 5.78 Å². The van der Waals surface area contributed by atoms with E-state index in [2.05, 4.69) is 20.2 Å². The Bertz CT molecular complexity index is 1710. The number of piperazine rings is 1. The molecule has 3 aromatic heterocycles. The number of carbonyl (C=O) groups is 2. The van der Waals surface area contributed by atoms with Gasteiger partial charge in [-0.1, -0.05) is 12.8 Å². The van der Waals surface area contributed by atoms with Crippen LogP contribution < -0.4 is 15.8 Å². The van der Waals surface area contributed by atoms with Gasteiger partial charge in [-0.2, -0.15) is 4.98 Å². The molecule has 1 amide bonds. The van der Waals surface area contributed by atoms with Gasteiger partial charge < -0.3 is 15.1 Å². The Morgan fingerprint density at radius 2 is 1.67 bits per heavy atom. The monoisotopic (exact) mass is 569 g/mol. The number of anilines is 3. The van der Waals surface area contributed by atoms with Crippen LogP contribution in [0, 0.1) is 12.7 Å². The van der Waals surface area contributed by atoms with Crippen molar-refractivity contribution in [2.24, 2.45) is 0 Å². The second-order valence-corrected chi connectivity index (χ2v) is 10.9. The summed E-state index contributed by atoms with van der Waals surface area (Å²) in [5.41, 5.74) is 2.45. The first-order chi connectivity index (χ1) is 20.3. The molecule has 4 heterocycles. The van der Waals surface area contributed by atoms with Gasteiger partial charge in [0.25, 0.3) is 11.5 Å². The Hall–Kier alpha value is -4.67. The highest BCUT2D eigenvalue weighted by atomic mass is 19.1. The van der Waals surface area contributed by atoms with E-state index in [1.165, 1.54) is 31.2 Å². The van der Waals surface area contributed by atoms with Crippen molar-refractivity contribution in [1.29, 1.82) is 0 Å². The number of amides is 1. The summed E-state index contributed by atoms with van der Waals surface area (Å²) in [4.78, 5) is 56.2. The molecule has 1 aliphatic carbocycles. The number of aryl methyl sites for hydroxylation is 1. The summed E-state index contributed by atoms with van der Waals surface area (Å²) in [5.74, 6) is 0.149. The summed E-state index contributed by atoms with van der Waals surface area (Å²) >= 11 is 0. The first kappa shape index (κ1) is 27.5. The molecule has 10 nitrogen and oxygen atoms in total. The molecule has 1 aromatic carbocycles. The number of nitrogens with zero attached hydrogens (tertiary/aromatic N) is 6. The van der Waals surface area contributed by atoms with Crippen LogP contribution in [0.1, 0.15) is 64.9 Å². The van der Waals surface area contributed by atoms with Gasteiger partial charge in [0.05, 0.1) is 17.4 Å². The largest absolute Gasteiger partial charge is 0.367 e. The SMILES string of the molecule is CC(=O)c1c(C)c2cnc(Nc3ccc(N4CCN(C(=O)c5ccc(F)cc5)CC4)cn3)nc2n(C2CCCC2)c1=O. The van der Waals surface area contributed by atoms with E-state index in [0.717, 1.165) is 31.4 Å². The molecule has 1 saturated heterocycles. The first-order valence-electron chi connectivity index (χ1n) is 14.3. The van der Waals surface area contributed by atoms with Crippen molar-refractivity contribution in [3.8, 4) is 0 Å². The molecule has 1 saturated carbocycles. The van der Waals surface area contributed by atoms with Crippen LogP contribution in [0.25, 0.3) is 11.0 Å².